The van der Waals surface area contributed by atoms with Gasteiger partial charge in [0, 0.05) is 17.7 Å². The van der Waals surface area contributed by atoms with Crippen LogP contribution in [-0.4, -0.2) is 16.0 Å². The number of hydrogen-bond acceptors (Lipinski definition) is 5. The summed E-state index contributed by atoms with van der Waals surface area (Å²) in [6.45, 7) is 3.71. The fourth-order valence-corrected chi connectivity index (χ4v) is 3.81. The largest absolute Gasteiger partial charge is 0.360 e. The van der Waals surface area contributed by atoms with Crippen LogP contribution in [0.1, 0.15) is 28.7 Å². The Hall–Kier alpha value is -2.99. The molecule has 2 heterocycles. The zero-order valence-corrected chi connectivity index (χ0v) is 15.3. The van der Waals surface area contributed by atoms with Gasteiger partial charge in [-0.2, -0.15) is 0 Å². The number of anilines is 1. The standard InChI is InChI=1S/C20H17N3O2S/c1-3-16-18(12(2)23-25-16)19(24)21-14-10-8-13(9-11-14)20-22-15-6-4-5-7-17(15)26-20/h4-11H,3H2,1-2H3,(H,21,24). The van der Waals surface area contributed by atoms with E-state index in [0.717, 1.165) is 26.5 Å². The number of thiazole rings is 1. The molecule has 1 amide bonds. The third-order valence-electron chi connectivity index (χ3n) is 4.17. The number of nitrogens with zero attached hydrogens (tertiary/aromatic N) is 2. The van der Waals surface area contributed by atoms with E-state index < -0.39 is 0 Å². The highest BCUT2D eigenvalue weighted by Crippen LogP contribution is 2.30. The first-order chi connectivity index (χ1) is 12.7. The zero-order chi connectivity index (χ0) is 18.1. The minimum Gasteiger partial charge on any atom is -0.360 e. The third kappa shape index (κ3) is 2.99. The highest BCUT2D eigenvalue weighted by molar-refractivity contribution is 7.21. The molecule has 0 spiro atoms. The van der Waals surface area contributed by atoms with Gasteiger partial charge in [-0.1, -0.05) is 24.2 Å². The van der Waals surface area contributed by atoms with E-state index in [0.29, 0.717) is 23.4 Å². The number of hydrogen-bond donors (Lipinski definition) is 1. The summed E-state index contributed by atoms with van der Waals surface area (Å²) in [5.74, 6) is 0.402. The quantitative estimate of drug-likeness (QED) is 0.549. The van der Waals surface area contributed by atoms with Crippen molar-refractivity contribution < 1.29 is 9.32 Å². The molecule has 0 radical (unpaired) electrons. The molecule has 2 aromatic heterocycles. The molecule has 0 aliphatic carbocycles. The van der Waals surface area contributed by atoms with Crippen LogP contribution in [0.3, 0.4) is 0 Å². The van der Waals surface area contributed by atoms with Crippen LogP contribution in [0.4, 0.5) is 5.69 Å². The number of benzene rings is 2. The molecule has 0 aliphatic rings. The molecule has 0 aliphatic heterocycles. The Morgan fingerprint density at radius 2 is 1.92 bits per heavy atom. The van der Waals surface area contributed by atoms with E-state index in [2.05, 4.69) is 21.5 Å². The molecule has 0 saturated heterocycles. The lowest BCUT2D eigenvalue weighted by Crippen LogP contribution is -2.14. The van der Waals surface area contributed by atoms with Crippen LogP contribution in [0.5, 0.6) is 0 Å². The zero-order valence-electron chi connectivity index (χ0n) is 14.4. The first-order valence-electron chi connectivity index (χ1n) is 8.38. The minimum absolute atomic E-state index is 0.201. The van der Waals surface area contributed by atoms with Gasteiger partial charge in [-0.05, 0) is 43.3 Å². The van der Waals surface area contributed by atoms with E-state index in [4.69, 9.17) is 4.52 Å². The molecule has 4 aromatic rings. The third-order valence-corrected chi connectivity index (χ3v) is 5.25. The van der Waals surface area contributed by atoms with E-state index in [9.17, 15) is 4.79 Å². The Bertz CT molecular complexity index is 1050. The smallest absolute Gasteiger partial charge is 0.261 e. The molecule has 2 aromatic carbocycles. The molecule has 0 saturated carbocycles. The second-order valence-corrected chi connectivity index (χ2v) is 6.97. The van der Waals surface area contributed by atoms with Gasteiger partial charge in [0.2, 0.25) is 0 Å². The maximum atomic E-state index is 12.5. The van der Waals surface area contributed by atoms with Crippen LogP contribution in [-0.2, 0) is 6.42 Å². The van der Waals surface area contributed by atoms with Crippen molar-refractivity contribution >= 4 is 33.1 Å². The first-order valence-corrected chi connectivity index (χ1v) is 9.20. The molecule has 0 bridgehead atoms. The van der Waals surface area contributed by atoms with Crippen molar-refractivity contribution in [1.82, 2.24) is 10.1 Å². The van der Waals surface area contributed by atoms with Gasteiger partial charge >= 0.3 is 0 Å². The average molecular weight is 363 g/mol. The van der Waals surface area contributed by atoms with E-state index in [1.165, 1.54) is 0 Å². The normalized spacial score (nSPS) is 11.0. The maximum Gasteiger partial charge on any atom is 0.261 e. The van der Waals surface area contributed by atoms with E-state index in [1.54, 1.807) is 18.3 Å². The average Bonchev–Trinajstić information content (AvgIpc) is 3.25. The predicted octanol–water partition coefficient (Wildman–Crippen LogP) is 5.07. The molecular formula is C20H17N3O2S. The number of para-hydroxylation sites is 1. The van der Waals surface area contributed by atoms with Gasteiger partial charge in [0.05, 0.1) is 15.9 Å². The Kier molecular flexibility index (Phi) is 4.26. The van der Waals surface area contributed by atoms with Crippen LogP contribution in [0.25, 0.3) is 20.8 Å². The number of rotatable bonds is 4. The number of amides is 1. The molecule has 4 rings (SSSR count). The number of nitrogens with one attached hydrogen (secondary N) is 1. The molecule has 130 valence electrons. The van der Waals surface area contributed by atoms with Gasteiger partial charge in [0.1, 0.15) is 16.3 Å². The van der Waals surface area contributed by atoms with Crippen molar-refractivity contribution in [3.05, 3.63) is 65.5 Å². The number of aryl methyl sites for hydroxylation is 2. The van der Waals surface area contributed by atoms with Crippen LogP contribution in [0, 0.1) is 6.92 Å². The lowest BCUT2D eigenvalue weighted by molar-refractivity contribution is 0.102. The van der Waals surface area contributed by atoms with Crippen LogP contribution < -0.4 is 5.32 Å². The summed E-state index contributed by atoms with van der Waals surface area (Å²) in [4.78, 5) is 17.2. The molecule has 5 nitrogen and oxygen atoms in total. The van der Waals surface area contributed by atoms with E-state index >= 15 is 0 Å². The highest BCUT2D eigenvalue weighted by Gasteiger charge is 2.19. The fourth-order valence-electron chi connectivity index (χ4n) is 2.83. The minimum atomic E-state index is -0.201. The monoisotopic (exact) mass is 363 g/mol. The van der Waals surface area contributed by atoms with Crippen molar-refractivity contribution in [2.24, 2.45) is 0 Å². The van der Waals surface area contributed by atoms with Crippen molar-refractivity contribution in [1.29, 1.82) is 0 Å². The van der Waals surface area contributed by atoms with Crippen molar-refractivity contribution in [3.8, 4) is 10.6 Å². The predicted molar refractivity (Wildman–Crippen MR) is 104 cm³/mol. The maximum absolute atomic E-state index is 12.5. The number of carbonyl (C=O) groups excluding carboxylic acids is 1. The lowest BCUT2D eigenvalue weighted by Gasteiger charge is -2.06. The van der Waals surface area contributed by atoms with Crippen molar-refractivity contribution in [2.75, 3.05) is 5.32 Å². The van der Waals surface area contributed by atoms with Gasteiger partial charge < -0.3 is 9.84 Å². The summed E-state index contributed by atoms with van der Waals surface area (Å²) in [5.41, 5.74) is 3.87. The second-order valence-electron chi connectivity index (χ2n) is 5.94. The van der Waals surface area contributed by atoms with Crippen LogP contribution in [0.2, 0.25) is 0 Å². The number of fused-ring (bicyclic) bond motifs is 1. The number of carbonyl (C=O) groups is 1. The Morgan fingerprint density at radius 3 is 2.65 bits per heavy atom. The summed E-state index contributed by atoms with van der Waals surface area (Å²) in [6.07, 6.45) is 0.625. The summed E-state index contributed by atoms with van der Waals surface area (Å²) in [5, 5.41) is 7.76. The van der Waals surface area contributed by atoms with Crippen LogP contribution >= 0.6 is 11.3 Å². The number of aromatic nitrogens is 2. The SMILES string of the molecule is CCc1onc(C)c1C(=O)Nc1ccc(-c2nc3ccccc3s2)cc1. The molecule has 0 unspecified atom stereocenters. The molecule has 6 heteroatoms. The summed E-state index contributed by atoms with van der Waals surface area (Å²) < 4.78 is 6.35. The van der Waals surface area contributed by atoms with Gasteiger partial charge in [0.25, 0.3) is 5.91 Å². The summed E-state index contributed by atoms with van der Waals surface area (Å²) in [7, 11) is 0. The van der Waals surface area contributed by atoms with Crippen molar-refractivity contribution in [2.45, 2.75) is 20.3 Å². The molecule has 0 atom stereocenters. The summed E-state index contributed by atoms with van der Waals surface area (Å²) in [6, 6.07) is 15.8. The summed E-state index contributed by atoms with van der Waals surface area (Å²) >= 11 is 1.66. The highest BCUT2D eigenvalue weighted by atomic mass is 32.1. The molecular weight excluding hydrogens is 346 g/mol. The van der Waals surface area contributed by atoms with E-state index in [-0.39, 0.29) is 5.91 Å². The second kappa shape index (κ2) is 6.72. The van der Waals surface area contributed by atoms with Gasteiger partial charge in [-0.3, -0.25) is 4.79 Å². The lowest BCUT2D eigenvalue weighted by atomic mass is 10.1. The van der Waals surface area contributed by atoms with Crippen molar-refractivity contribution in [3.63, 3.8) is 0 Å². The van der Waals surface area contributed by atoms with E-state index in [1.807, 2.05) is 49.4 Å². The van der Waals surface area contributed by atoms with Crippen LogP contribution in [0.15, 0.2) is 53.1 Å². The molecule has 0 fully saturated rings. The first kappa shape index (κ1) is 16.5. The molecule has 1 N–H and O–H groups in total. The Labute approximate surface area is 154 Å². The Morgan fingerprint density at radius 1 is 1.15 bits per heavy atom. The van der Waals surface area contributed by atoms with Gasteiger partial charge in [-0.25, -0.2) is 4.98 Å². The Balaban J connectivity index is 1.56. The van der Waals surface area contributed by atoms with Gasteiger partial charge in [0.15, 0.2) is 0 Å². The molecule has 26 heavy (non-hydrogen) atoms. The topological polar surface area (TPSA) is 68.0 Å². The fraction of sp³-hybridized carbons (Fsp3) is 0.150. The van der Waals surface area contributed by atoms with Gasteiger partial charge in [-0.15, -0.1) is 11.3 Å².